The van der Waals surface area contributed by atoms with Crippen LogP contribution in [0.5, 0.6) is 46.0 Å². The number of halogens is 2. The Hall–Kier alpha value is -9.20. The van der Waals surface area contributed by atoms with Crippen molar-refractivity contribution in [3.63, 3.8) is 0 Å². The molecular formula is C66H75Cl2N9O24. The fraction of sp³-hybridized carbons (Fsp3) is 0.424. The zero-order chi connectivity index (χ0) is 73.5. The average molecular weight is 1450 g/mol. The Bertz CT molecular complexity index is 4070. The number of primary amides is 1. The lowest BCUT2D eigenvalue weighted by atomic mass is 9.86. The molecule has 0 radical (unpaired) electrons. The van der Waals surface area contributed by atoms with E-state index in [9.17, 15) is 75.0 Å². The number of fused-ring (bicyclic) bond motifs is 15. The molecule has 5 aromatic rings. The van der Waals surface area contributed by atoms with Crippen LogP contribution >= 0.6 is 23.2 Å². The highest BCUT2D eigenvalue weighted by Gasteiger charge is 2.51. The van der Waals surface area contributed by atoms with Gasteiger partial charge in [0.2, 0.25) is 53.4 Å². The number of carboxylic acids is 1. The van der Waals surface area contributed by atoms with Crippen molar-refractivity contribution in [1.29, 1.82) is 0 Å². The number of carbonyl (C=O) groups is 8. The van der Waals surface area contributed by atoms with E-state index in [0.29, 0.717) is 0 Å². The van der Waals surface area contributed by atoms with Gasteiger partial charge in [-0.3, -0.25) is 33.6 Å². The number of aromatic hydroxyl groups is 3. The number of rotatable bonds is 13. The highest BCUT2D eigenvalue weighted by Crippen LogP contribution is 2.50. The number of benzene rings is 5. The first-order chi connectivity index (χ1) is 47.7. The Labute approximate surface area is 584 Å². The molecule has 21 N–H and O–H groups in total. The number of amides is 7. The Kier molecular flexibility index (Phi) is 22.2. The number of hydrogen-bond acceptors (Lipinski definition) is 25. The predicted molar refractivity (Wildman–Crippen MR) is 349 cm³/mol. The number of likely N-dealkylation sites (N-methyl/N-ethyl adjacent to an activating group) is 1. The van der Waals surface area contributed by atoms with Gasteiger partial charge in [0, 0.05) is 34.7 Å². The van der Waals surface area contributed by atoms with Crippen LogP contribution in [0.3, 0.4) is 0 Å². The van der Waals surface area contributed by atoms with Crippen LogP contribution in [0.25, 0.3) is 11.1 Å². The zero-order valence-electron chi connectivity index (χ0n) is 54.3. The summed E-state index contributed by atoms with van der Waals surface area (Å²) in [7, 11) is 1.47. The molecule has 11 bridgehead atoms. The van der Waals surface area contributed by atoms with E-state index in [1.54, 1.807) is 0 Å². The maximum Gasteiger partial charge on any atom is 0.330 e. The average Bonchev–Trinajstić information content (AvgIpc) is 0.775. The third-order valence-electron chi connectivity index (χ3n) is 17.8. The van der Waals surface area contributed by atoms with E-state index >= 15 is 14.4 Å². The van der Waals surface area contributed by atoms with Crippen molar-refractivity contribution in [2.45, 2.75) is 156 Å². The van der Waals surface area contributed by atoms with Gasteiger partial charge in [0.1, 0.15) is 89.5 Å². The number of nitrogens with one attached hydrogen (secondary N) is 7. The number of aliphatic hydroxyl groups is 6. The molecule has 1 unspecified atom stereocenters. The van der Waals surface area contributed by atoms with Gasteiger partial charge in [0.15, 0.2) is 29.9 Å². The molecule has 7 amide bonds. The fourth-order valence-corrected chi connectivity index (χ4v) is 12.9. The number of aliphatic carboxylic acids is 1. The second kappa shape index (κ2) is 30.2. The van der Waals surface area contributed by atoms with Crippen LogP contribution in [-0.2, 0) is 52.6 Å². The molecule has 0 aromatic heterocycles. The van der Waals surface area contributed by atoms with Crippen molar-refractivity contribution in [2.24, 2.45) is 17.4 Å². The summed E-state index contributed by atoms with van der Waals surface area (Å²) in [5.74, 6) is -16.0. The summed E-state index contributed by atoms with van der Waals surface area (Å²) in [6.07, 6.45) is -18.6. The second-order valence-corrected chi connectivity index (χ2v) is 26.5. The molecule has 12 rings (SSSR count). The van der Waals surface area contributed by atoms with E-state index in [1.165, 1.54) is 33.0 Å². The number of nitrogens with two attached hydrogens (primary N) is 2. The van der Waals surface area contributed by atoms with Gasteiger partial charge in [0.25, 0.3) is 0 Å². The largest absolute Gasteiger partial charge is 0.508 e. The van der Waals surface area contributed by atoms with E-state index in [4.69, 9.17) is 63.1 Å². The minimum Gasteiger partial charge on any atom is -0.508 e. The molecule has 7 aliphatic rings. The van der Waals surface area contributed by atoms with Crippen LogP contribution < -0.4 is 62.9 Å². The zero-order valence-corrected chi connectivity index (χ0v) is 55.8. The molecule has 33 nitrogen and oxygen atoms in total. The highest BCUT2D eigenvalue weighted by molar-refractivity contribution is 6.32. The van der Waals surface area contributed by atoms with Gasteiger partial charge in [0.05, 0.1) is 41.3 Å². The van der Waals surface area contributed by atoms with Gasteiger partial charge in [-0.2, -0.15) is 0 Å². The molecule has 18 atom stereocenters. The fourth-order valence-electron chi connectivity index (χ4n) is 12.5. The first-order valence-corrected chi connectivity index (χ1v) is 32.4. The molecular weight excluding hydrogens is 1370 g/mol. The maximum atomic E-state index is 16.0. The summed E-state index contributed by atoms with van der Waals surface area (Å²) in [6.45, 7) is 5.66. The molecule has 2 saturated heterocycles. The van der Waals surface area contributed by atoms with Gasteiger partial charge >= 0.3 is 5.97 Å². The Balaban J connectivity index is 1.24. The topological polar surface area (TPSA) is 530 Å². The molecule has 542 valence electrons. The SMILES string of the molecule is CN[C@H](CC(C)C)C(=O)N[C@H]1C(=O)N[C@@H](CC(N)=O)C(=O)N[C@H]2C(=O)N[C@H]3C(=O)N[C@H](C(=O)N[C@H](C(=O)O)c4cc(O)cc(O)c4-c4cc3ccc4O)[C@H](O)c3ccc(c(Cl)c3)Oc3cc2cc(c3O[C@@H]2OC(CO)[C@@H](O)[C@H](O)[C@@H]2O[C@H]2C[C@](C)(N)[C@H](O)[C@H](C)O2)Oc2ccc(cc2Cl)[C@H]1O. The summed E-state index contributed by atoms with van der Waals surface area (Å²) < 4.78 is 38.3. The lowest BCUT2D eigenvalue weighted by Crippen LogP contribution is -2.64. The van der Waals surface area contributed by atoms with E-state index in [-0.39, 0.29) is 46.2 Å². The quantitative estimate of drug-likeness (QED) is 0.0743. The number of aliphatic hydroxyl groups excluding tert-OH is 6. The van der Waals surface area contributed by atoms with Gasteiger partial charge in [-0.25, -0.2) is 4.79 Å². The monoisotopic (exact) mass is 1450 g/mol. The van der Waals surface area contributed by atoms with Crippen molar-refractivity contribution < 1.29 is 118 Å². The third-order valence-corrected chi connectivity index (χ3v) is 18.4. The summed E-state index contributed by atoms with van der Waals surface area (Å²) in [6, 6.07) is -0.679. The van der Waals surface area contributed by atoms with Crippen LogP contribution in [-0.4, -0.2) is 191 Å². The summed E-state index contributed by atoms with van der Waals surface area (Å²) in [4.78, 5) is 117. The standard InChI is InChI=1S/C66H75Cl2N9O24/c1-23(2)12-34(71-5)58(88)76-49-51(83)26-7-10-38(32(67)14-26)97-40-16-28-17-41(55(40)101-65-56(54(86)53(85)42(22-78)99-65)100-44-21-66(4,70)57(87)24(3)96-44)98-39-11-8-27(15-33(39)68)52(84)50-63(93)75-48(64(94)95)31-18-29(79)19-37(81)45(31)30-13-25(6-9-36(30)80)46(60(90)77-50)74-61(91)47(28)73-59(89)35(20-43(69)82)72-62(49)92/h6-11,13-19,23-24,34-35,42,44,46-54,56-57,65,71,78-81,83-87H,12,20-22,70H2,1-5H3,(H2,69,82)(H,72,92)(H,73,89)(H,74,91)(H,75,93)(H,76,88)(H,77,90)(H,94,95)/t24-,34+,35-,42?,44-,46+,47+,48-,49+,50-,51+,52+,53+,54-,56-,57+,65-,66-/m0/s1. The molecule has 0 saturated carbocycles. The van der Waals surface area contributed by atoms with Gasteiger partial charge in [-0.1, -0.05) is 55.2 Å². The number of carboxylic acid groups (broad SMARTS) is 1. The van der Waals surface area contributed by atoms with E-state index in [0.717, 1.165) is 66.7 Å². The van der Waals surface area contributed by atoms with E-state index < -0.39 is 237 Å². The van der Waals surface area contributed by atoms with E-state index in [2.05, 4.69) is 37.2 Å². The maximum absolute atomic E-state index is 16.0. The number of phenolic OH excluding ortho intramolecular Hbond substituents is 3. The summed E-state index contributed by atoms with van der Waals surface area (Å²) >= 11 is 14.1. The Morgan fingerprint density at radius 2 is 1.32 bits per heavy atom. The van der Waals surface area contributed by atoms with Crippen LogP contribution in [0.4, 0.5) is 0 Å². The third kappa shape index (κ3) is 15.8. The van der Waals surface area contributed by atoms with Gasteiger partial charge in [-0.15, -0.1) is 0 Å². The van der Waals surface area contributed by atoms with Crippen molar-refractivity contribution in [3.8, 4) is 57.1 Å². The number of hydrogen-bond donors (Lipinski definition) is 19. The first kappa shape index (κ1) is 74.5. The van der Waals surface area contributed by atoms with Crippen molar-refractivity contribution in [2.75, 3.05) is 13.7 Å². The Morgan fingerprint density at radius 1 is 0.713 bits per heavy atom. The predicted octanol–water partition coefficient (Wildman–Crippen LogP) is 0.106. The lowest BCUT2D eigenvalue weighted by Gasteiger charge is -2.47. The Morgan fingerprint density at radius 3 is 1.90 bits per heavy atom. The van der Waals surface area contributed by atoms with E-state index in [1.807, 2.05) is 13.8 Å². The normalized spacial score (nSPS) is 29.4. The highest BCUT2D eigenvalue weighted by atomic mass is 35.5. The number of phenols is 3. The molecule has 7 aliphatic heterocycles. The molecule has 0 aliphatic carbocycles. The first-order valence-electron chi connectivity index (χ1n) is 31.6. The van der Waals surface area contributed by atoms with Crippen molar-refractivity contribution >= 4 is 70.5 Å². The molecule has 7 heterocycles. The van der Waals surface area contributed by atoms with Crippen LogP contribution in [0.15, 0.2) is 78.9 Å². The van der Waals surface area contributed by atoms with Gasteiger partial charge < -0.3 is 128 Å². The molecule has 101 heavy (non-hydrogen) atoms. The summed E-state index contributed by atoms with van der Waals surface area (Å²) in [5, 5.41) is 131. The van der Waals surface area contributed by atoms with Crippen molar-refractivity contribution in [1.82, 2.24) is 37.2 Å². The van der Waals surface area contributed by atoms with Crippen LogP contribution in [0.2, 0.25) is 10.0 Å². The number of carbonyl (C=O) groups excluding carboxylic acids is 7. The molecule has 35 heteroatoms. The van der Waals surface area contributed by atoms with Crippen molar-refractivity contribution in [3.05, 3.63) is 117 Å². The molecule has 5 aromatic carbocycles. The minimum absolute atomic E-state index is 0.0975. The lowest BCUT2D eigenvalue weighted by molar-refractivity contribution is -0.333. The van der Waals surface area contributed by atoms with Crippen LogP contribution in [0, 0.1) is 5.92 Å². The van der Waals surface area contributed by atoms with Gasteiger partial charge in [-0.05, 0) is 110 Å². The smallest absolute Gasteiger partial charge is 0.330 e. The minimum atomic E-state index is -2.35. The molecule has 2 fully saturated rings. The number of ether oxygens (including phenoxy) is 6. The van der Waals surface area contributed by atoms with Crippen LogP contribution in [0.1, 0.15) is 105 Å². The molecule has 0 spiro atoms. The second-order valence-electron chi connectivity index (χ2n) is 25.7. The summed E-state index contributed by atoms with van der Waals surface area (Å²) in [5.41, 5.74) is 8.00.